The van der Waals surface area contributed by atoms with Crippen LogP contribution in [0.1, 0.15) is 5.56 Å². The average Bonchev–Trinajstić information content (AvgIpc) is 2.45. The molecule has 0 aliphatic carbocycles. The molecule has 102 valence electrons. The van der Waals surface area contributed by atoms with E-state index in [1.165, 1.54) is 0 Å². The molecular weight excluding hydrogens is 262 g/mol. The highest BCUT2D eigenvalue weighted by Crippen LogP contribution is 2.27. The molecule has 0 N–H and O–H groups in total. The summed E-state index contributed by atoms with van der Waals surface area (Å²) in [6, 6.07) is 7.83. The van der Waals surface area contributed by atoms with Crippen molar-refractivity contribution in [3.8, 4) is 6.07 Å². The van der Waals surface area contributed by atoms with Crippen LogP contribution in [0.2, 0.25) is 5.02 Å². The molecule has 4 nitrogen and oxygen atoms in total. The summed E-state index contributed by atoms with van der Waals surface area (Å²) in [6.45, 7) is 5.53. The van der Waals surface area contributed by atoms with Crippen LogP contribution in [-0.4, -0.2) is 51.3 Å². The predicted molar refractivity (Wildman–Crippen MR) is 76.7 cm³/mol. The molecule has 1 heterocycles. The van der Waals surface area contributed by atoms with Crippen LogP contribution in [0, 0.1) is 11.3 Å². The second-order valence-electron chi connectivity index (χ2n) is 4.57. The summed E-state index contributed by atoms with van der Waals surface area (Å²) in [4.78, 5) is 4.60. The Morgan fingerprint density at radius 1 is 1.32 bits per heavy atom. The van der Waals surface area contributed by atoms with Crippen LogP contribution in [0.3, 0.4) is 0 Å². The Morgan fingerprint density at radius 2 is 2.05 bits per heavy atom. The van der Waals surface area contributed by atoms with E-state index in [4.69, 9.17) is 16.3 Å². The Morgan fingerprint density at radius 3 is 2.68 bits per heavy atom. The summed E-state index contributed by atoms with van der Waals surface area (Å²) in [5.41, 5.74) is 1.52. The molecule has 0 spiro atoms. The van der Waals surface area contributed by atoms with Crippen molar-refractivity contribution in [3.05, 3.63) is 28.8 Å². The van der Waals surface area contributed by atoms with E-state index in [0.717, 1.165) is 45.0 Å². The van der Waals surface area contributed by atoms with Gasteiger partial charge in [0, 0.05) is 39.8 Å². The number of nitrogens with zero attached hydrogens (tertiary/aromatic N) is 3. The van der Waals surface area contributed by atoms with Gasteiger partial charge in [0.25, 0.3) is 0 Å². The number of methoxy groups -OCH3 is 1. The minimum atomic E-state index is 0.529. The van der Waals surface area contributed by atoms with Crippen molar-refractivity contribution in [1.29, 1.82) is 5.26 Å². The van der Waals surface area contributed by atoms with Crippen molar-refractivity contribution in [1.82, 2.24) is 4.90 Å². The molecule has 0 unspecified atom stereocenters. The molecule has 1 aliphatic heterocycles. The molecule has 0 aromatic heterocycles. The number of rotatable bonds is 4. The van der Waals surface area contributed by atoms with E-state index in [0.29, 0.717) is 10.6 Å². The molecule has 1 aromatic carbocycles. The maximum absolute atomic E-state index is 9.21. The number of benzene rings is 1. The van der Waals surface area contributed by atoms with E-state index in [2.05, 4.69) is 15.9 Å². The summed E-state index contributed by atoms with van der Waals surface area (Å²) in [5, 5.41) is 9.74. The van der Waals surface area contributed by atoms with Crippen LogP contribution < -0.4 is 4.90 Å². The first-order valence-electron chi connectivity index (χ1n) is 6.41. The van der Waals surface area contributed by atoms with E-state index < -0.39 is 0 Å². The zero-order chi connectivity index (χ0) is 13.7. The molecule has 1 aliphatic rings. The second-order valence-corrected chi connectivity index (χ2v) is 4.97. The van der Waals surface area contributed by atoms with Gasteiger partial charge >= 0.3 is 0 Å². The first-order valence-corrected chi connectivity index (χ1v) is 6.79. The molecule has 0 bridgehead atoms. The molecule has 2 rings (SSSR count). The Kier molecular flexibility index (Phi) is 5.03. The van der Waals surface area contributed by atoms with Crippen LogP contribution >= 0.6 is 11.6 Å². The molecular formula is C14H18ClN3O. The quantitative estimate of drug-likeness (QED) is 0.845. The van der Waals surface area contributed by atoms with Gasteiger partial charge in [-0.2, -0.15) is 5.26 Å². The van der Waals surface area contributed by atoms with Gasteiger partial charge in [0.2, 0.25) is 0 Å². The van der Waals surface area contributed by atoms with E-state index in [1.807, 2.05) is 12.1 Å². The van der Waals surface area contributed by atoms with Gasteiger partial charge in [-0.3, -0.25) is 4.90 Å². The number of halogens is 1. The van der Waals surface area contributed by atoms with Crippen molar-refractivity contribution in [2.45, 2.75) is 0 Å². The van der Waals surface area contributed by atoms with Crippen molar-refractivity contribution >= 4 is 17.3 Å². The monoisotopic (exact) mass is 279 g/mol. The minimum Gasteiger partial charge on any atom is -0.383 e. The van der Waals surface area contributed by atoms with Crippen LogP contribution in [-0.2, 0) is 4.74 Å². The maximum atomic E-state index is 9.21. The second kappa shape index (κ2) is 6.76. The van der Waals surface area contributed by atoms with Crippen molar-refractivity contribution < 1.29 is 4.74 Å². The van der Waals surface area contributed by atoms with E-state index in [9.17, 15) is 5.26 Å². The number of ether oxygens (including phenoxy) is 1. The van der Waals surface area contributed by atoms with Crippen LogP contribution in [0.15, 0.2) is 18.2 Å². The molecule has 0 saturated carbocycles. The Labute approximate surface area is 119 Å². The first-order chi connectivity index (χ1) is 9.26. The Hall–Kier alpha value is -1.28. The Bertz CT molecular complexity index is 464. The van der Waals surface area contributed by atoms with Gasteiger partial charge in [-0.1, -0.05) is 17.7 Å². The standard InChI is InChI=1S/C14H18ClN3O/c1-19-10-9-17-5-7-18(8-6-17)14-4-2-3-13(15)12(14)11-16/h2-4H,5-10H2,1H3. The predicted octanol–water partition coefficient (Wildman–Crippen LogP) is 1.98. The zero-order valence-corrected chi connectivity index (χ0v) is 11.9. The van der Waals surface area contributed by atoms with E-state index >= 15 is 0 Å². The highest BCUT2D eigenvalue weighted by Gasteiger charge is 2.19. The number of hydrogen-bond donors (Lipinski definition) is 0. The van der Waals surface area contributed by atoms with Gasteiger partial charge in [0.1, 0.15) is 6.07 Å². The molecule has 19 heavy (non-hydrogen) atoms. The molecule has 5 heteroatoms. The van der Waals surface area contributed by atoms with Gasteiger partial charge in [-0.25, -0.2) is 0 Å². The smallest absolute Gasteiger partial charge is 0.103 e. The molecule has 0 atom stereocenters. The minimum absolute atomic E-state index is 0.529. The van der Waals surface area contributed by atoms with Gasteiger partial charge in [-0.05, 0) is 12.1 Å². The lowest BCUT2D eigenvalue weighted by Gasteiger charge is -2.36. The van der Waals surface area contributed by atoms with Crippen LogP contribution in [0.5, 0.6) is 0 Å². The van der Waals surface area contributed by atoms with Crippen molar-refractivity contribution in [2.24, 2.45) is 0 Å². The maximum Gasteiger partial charge on any atom is 0.103 e. The van der Waals surface area contributed by atoms with Crippen LogP contribution in [0.25, 0.3) is 0 Å². The number of piperazine rings is 1. The third-order valence-corrected chi connectivity index (χ3v) is 3.74. The number of anilines is 1. The van der Waals surface area contributed by atoms with Crippen molar-refractivity contribution in [3.63, 3.8) is 0 Å². The number of nitriles is 1. The fourth-order valence-corrected chi connectivity index (χ4v) is 2.53. The largest absolute Gasteiger partial charge is 0.383 e. The summed E-state index contributed by atoms with van der Waals surface area (Å²) in [7, 11) is 1.72. The Balaban J connectivity index is 2.02. The lowest BCUT2D eigenvalue weighted by atomic mass is 10.1. The van der Waals surface area contributed by atoms with E-state index in [-0.39, 0.29) is 0 Å². The molecule has 1 saturated heterocycles. The highest BCUT2D eigenvalue weighted by molar-refractivity contribution is 6.32. The molecule has 0 amide bonds. The first kappa shape index (κ1) is 14.1. The highest BCUT2D eigenvalue weighted by atomic mass is 35.5. The summed E-state index contributed by atoms with van der Waals surface area (Å²) in [6.07, 6.45) is 0. The topological polar surface area (TPSA) is 39.5 Å². The van der Waals surface area contributed by atoms with Crippen LogP contribution in [0.4, 0.5) is 5.69 Å². The van der Waals surface area contributed by atoms with Gasteiger partial charge < -0.3 is 9.64 Å². The molecule has 1 aromatic rings. The van der Waals surface area contributed by atoms with Gasteiger partial charge in [0.15, 0.2) is 0 Å². The molecule has 0 radical (unpaired) electrons. The summed E-state index contributed by atoms with van der Waals surface area (Å²) in [5.74, 6) is 0. The summed E-state index contributed by atoms with van der Waals surface area (Å²) < 4.78 is 5.09. The third-order valence-electron chi connectivity index (χ3n) is 3.43. The lowest BCUT2D eigenvalue weighted by molar-refractivity contribution is 0.144. The fraction of sp³-hybridized carbons (Fsp3) is 0.500. The normalized spacial score (nSPS) is 16.4. The third kappa shape index (κ3) is 3.38. The van der Waals surface area contributed by atoms with E-state index in [1.54, 1.807) is 13.2 Å². The van der Waals surface area contributed by atoms with Crippen molar-refractivity contribution in [2.75, 3.05) is 51.3 Å². The lowest BCUT2D eigenvalue weighted by Crippen LogP contribution is -2.47. The van der Waals surface area contributed by atoms with Gasteiger partial charge in [-0.15, -0.1) is 0 Å². The SMILES string of the molecule is COCCN1CCN(c2cccc(Cl)c2C#N)CC1. The molecule has 1 fully saturated rings. The summed E-state index contributed by atoms with van der Waals surface area (Å²) >= 11 is 6.07. The number of hydrogen-bond acceptors (Lipinski definition) is 4. The zero-order valence-electron chi connectivity index (χ0n) is 11.1. The average molecular weight is 280 g/mol. The van der Waals surface area contributed by atoms with Gasteiger partial charge in [0.05, 0.1) is 22.9 Å². The fourth-order valence-electron chi connectivity index (χ4n) is 2.32.